The summed E-state index contributed by atoms with van der Waals surface area (Å²) in [4.78, 5) is 0. The molecule has 2 aliphatic rings. The van der Waals surface area contributed by atoms with E-state index in [4.69, 9.17) is 9.84 Å². The van der Waals surface area contributed by atoms with Gasteiger partial charge in [0, 0.05) is 19.1 Å². The Morgan fingerprint density at radius 2 is 2.21 bits per heavy atom. The van der Waals surface area contributed by atoms with Gasteiger partial charge in [-0.25, -0.2) is 0 Å². The highest BCUT2D eigenvalue weighted by atomic mass is 16.5. The molecule has 2 heterocycles. The lowest BCUT2D eigenvalue weighted by atomic mass is 9.87. The Morgan fingerprint density at radius 3 is 2.79 bits per heavy atom. The minimum absolute atomic E-state index is 0.287. The highest BCUT2D eigenvalue weighted by Gasteiger charge is 2.28. The van der Waals surface area contributed by atoms with Crippen LogP contribution in [-0.4, -0.2) is 37.5 Å². The van der Waals surface area contributed by atoms with E-state index >= 15 is 0 Å². The van der Waals surface area contributed by atoms with Crippen LogP contribution in [0.3, 0.4) is 0 Å². The molecule has 0 spiro atoms. The van der Waals surface area contributed by atoms with Gasteiger partial charge in [0.1, 0.15) is 0 Å². The third-order valence-corrected chi connectivity index (χ3v) is 3.52. The van der Waals surface area contributed by atoms with Gasteiger partial charge in [0.2, 0.25) is 0 Å². The fourth-order valence-electron chi connectivity index (χ4n) is 2.54. The standard InChI is InChI=1S/C11H21NO2/c13-7-9-3-4-11(14-8-9)10-2-1-5-12-6-10/h9-13H,1-8H2/t9-,10?,11?/m0/s1. The van der Waals surface area contributed by atoms with E-state index in [9.17, 15) is 0 Å². The van der Waals surface area contributed by atoms with Crippen molar-refractivity contribution in [3.8, 4) is 0 Å². The average Bonchev–Trinajstić information content (AvgIpc) is 2.30. The molecule has 0 saturated carbocycles. The van der Waals surface area contributed by atoms with Gasteiger partial charge in [0.05, 0.1) is 12.7 Å². The largest absolute Gasteiger partial charge is 0.396 e. The molecule has 3 heteroatoms. The van der Waals surface area contributed by atoms with Crippen LogP contribution in [0.2, 0.25) is 0 Å². The van der Waals surface area contributed by atoms with E-state index in [-0.39, 0.29) is 6.61 Å². The van der Waals surface area contributed by atoms with Gasteiger partial charge >= 0.3 is 0 Å². The molecule has 3 nitrogen and oxygen atoms in total. The van der Waals surface area contributed by atoms with Gasteiger partial charge in [-0.15, -0.1) is 0 Å². The third kappa shape index (κ3) is 2.47. The molecule has 0 amide bonds. The number of ether oxygens (including phenoxy) is 1. The molecular formula is C11H21NO2. The molecule has 14 heavy (non-hydrogen) atoms. The summed E-state index contributed by atoms with van der Waals surface area (Å²) in [5.41, 5.74) is 0. The van der Waals surface area contributed by atoms with Crippen LogP contribution in [0.15, 0.2) is 0 Å². The summed E-state index contributed by atoms with van der Waals surface area (Å²) in [6.07, 6.45) is 5.32. The van der Waals surface area contributed by atoms with Gasteiger partial charge in [-0.3, -0.25) is 0 Å². The quantitative estimate of drug-likeness (QED) is 0.690. The smallest absolute Gasteiger partial charge is 0.0615 e. The first-order chi connectivity index (χ1) is 6.90. The van der Waals surface area contributed by atoms with E-state index in [1.165, 1.54) is 19.4 Å². The maximum Gasteiger partial charge on any atom is 0.0615 e. The molecule has 0 bridgehead atoms. The average molecular weight is 199 g/mol. The Hall–Kier alpha value is -0.120. The van der Waals surface area contributed by atoms with Crippen LogP contribution in [0, 0.1) is 11.8 Å². The molecular weight excluding hydrogens is 178 g/mol. The number of hydrogen-bond acceptors (Lipinski definition) is 3. The summed E-state index contributed by atoms with van der Waals surface area (Å²) >= 11 is 0. The van der Waals surface area contributed by atoms with E-state index in [0.29, 0.717) is 17.9 Å². The topological polar surface area (TPSA) is 41.5 Å². The first-order valence-electron chi connectivity index (χ1n) is 5.83. The SMILES string of the molecule is OC[C@@H]1CCC(C2CCCNC2)OC1. The summed E-state index contributed by atoms with van der Waals surface area (Å²) in [6.45, 7) is 3.34. The molecule has 82 valence electrons. The maximum absolute atomic E-state index is 9.00. The molecule has 3 atom stereocenters. The van der Waals surface area contributed by atoms with E-state index in [1.54, 1.807) is 0 Å². The molecule has 0 radical (unpaired) electrons. The first-order valence-corrected chi connectivity index (χ1v) is 5.83. The van der Waals surface area contributed by atoms with Gasteiger partial charge in [0.15, 0.2) is 0 Å². The van der Waals surface area contributed by atoms with Gasteiger partial charge in [-0.1, -0.05) is 0 Å². The zero-order valence-corrected chi connectivity index (χ0v) is 8.74. The second-order valence-electron chi connectivity index (χ2n) is 4.60. The van der Waals surface area contributed by atoms with Crippen LogP contribution >= 0.6 is 0 Å². The van der Waals surface area contributed by atoms with Crippen LogP contribution in [0.1, 0.15) is 25.7 Å². The van der Waals surface area contributed by atoms with E-state index < -0.39 is 0 Å². The van der Waals surface area contributed by atoms with Crippen molar-refractivity contribution in [2.24, 2.45) is 11.8 Å². The normalized spacial score (nSPS) is 39.6. The molecule has 2 fully saturated rings. The van der Waals surface area contributed by atoms with Crippen molar-refractivity contribution < 1.29 is 9.84 Å². The van der Waals surface area contributed by atoms with Crippen molar-refractivity contribution in [3.63, 3.8) is 0 Å². The van der Waals surface area contributed by atoms with Gasteiger partial charge in [-0.05, 0) is 38.1 Å². The van der Waals surface area contributed by atoms with Crippen molar-refractivity contribution in [1.82, 2.24) is 5.32 Å². The molecule has 0 aromatic rings. The molecule has 2 rings (SSSR count). The lowest BCUT2D eigenvalue weighted by Crippen LogP contribution is -2.41. The fraction of sp³-hybridized carbons (Fsp3) is 1.00. The van der Waals surface area contributed by atoms with Gasteiger partial charge < -0.3 is 15.2 Å². The number of hydrogen-bond donors (Lipinski definition) is 2. The number of aliphatic hydroxyl groups excluding tert-OH is 1. The number of rotatable bonds is 2. The van der Waals surface area contributed by atoms with Crippen LogP contribution in [0.25, 0.3) is 0 Å². The number of nitrogens with one attached hydrogen (secondary N) is 1. The molecule has 2 unspecified atom stereocenters. The highest BCUT2D eigenvalue weighted by Crippen LogP contribution is 2.27. The third-order valence-electron chi connectivity index (χ3n) is 3.52. The number of aliphatic hydroxyl groups is 1. The second-order valence-corrected chi connectivity index (χ2v) is 4.60. The summed E-state index contributed by atoms with van der Waals surface area (Å²) in [7, 11) is 0. The van der Waals surface area contributed by atoms with Crippen molar-refractivity contribution in [1.29, 1.82) is 0 Å². The van der Waals surface area contributed by atoms with Crippen LogP contribution in [0.4, 0.5) is 0 Å². The Kier molecular flexibility index (Phi) is 3.79. The van der Waals surface area contributed by atoms with Crippen LogP contribution in [0.5, 0.6) is 0 Å². The van der Waals surface area contributed by atoms with Crippen LogP contribution < -0.4 is 5.32 Å². The Morgan fingerprint density at radius 1 is 1.29 bits per heavy atom. The van der Waals surface area contributed by atoms with E-state index in [1.807, 2.05) is 0 Å². The zero-order chi connectivity index (χ0) is 9.80. The van der Waals surface area contributed by atoms with Crippen LogP contribution in [-0.2, 0) is 4.74 Å². The van der Waals surface area contributed by atoms with Crippen molar-refractivity contribution in [2.75, 3.05) is 26.3 Å². The Bertz CT molecular complexity index is 161. The fourth-order valence-corrected chi connectivity index (χ4v) is 2.54. The summed E-state index contributed by atoms with van der Waals surface area (Å²) in [5, 5.41) is 12.4. The first kappa shape index (κ1) is 10.4. The monoisotopic (exact) mass is 199 g/mol. The van der Waals surface area contributed by atoms with E-state index in [0.717, 1.165) is 26.0 Å². The maximum atomic E-state index is 9.00. The molecule has 2 saturated heterocycles. The van der Waals surface area contributed by atoms with Gasteiger partial charge in [0.25, 0.3) is 0 Å². The van der Waals surface area contributed by atoms with Crippen molar-refractivity contribution in [2.45, 2.75) is 31.8 Å². The lowest BCUT2D eigenvalue weighted by Gasteiger charge is -2.35. The van der Waals surface area contributed by atoms with E-state index in [2.05, 4.69) is 5.32 Å². The Balaban J connectivity index is 1.76. The minimum atomic E-state index is 0.287. The zero-order valence-electron chi connectivity index (χ0n) is 8.74. The van der Waals surface area contributed by atoms with Crippen molar-refractivity contribution in [3.05, 3.63) is 0 Å². The number of piperidine rings is 1. The molecule has 0 aromatic carbocycles. The molecule has 0 aliphatic carbocycles. The van der Waals surface area contributed by atoms with Gasteiger partial charge in [-0.2, -0.15) is 0 Å². The highest BCUT2D eigenvalue weighted by molar-refractivity contribution is 4.80. The summed E-state index contributed by atoms with van der Waals surface area (Å²) < 4.78 is 5.82. The summed E-state index contributed by atoms with van der Waals surface area (Å²) in [6, 6.07) is 0. The summed E-state index contributed by atoms with van der Waals surface area (Å²) in [5.74, 6) is 1.10. The molecule has 2 N–H and O–H groups in total. The Labute approximate surface area is 85.8 Å². The second kappa shape index (κ2) is 5.10. The predicted molar refractivity (Wildman–Crippen MR) is 55.1 cm³/mol. The molecule has 0 aromatic heterocycles. The predicted octanol–water partition coefficient (Wildman–Crippen LogP) is 0.773. The van der Waals surface area contributed by atoms with Crippen molar-refractivity contribution >= 4 is 0 Å². The minimum Gasteiger partial charge on any atom is -0.396 e. The lowest BCUT2D eigenvalue weighted by molar-refractivity contribution is -0.0616. The molecule has 2 aliphatic heterocycles.